The summed E-state index contributed by atoms with van der Waals surface area (Å²) in [6.07, 6.45) is 3.99. The van der Waals surface area contributed by atoms with Crippen LogP contribution in [0.15, 0.2) is 24.3 Å². The summed E-state index contributed by atoms with van der Waals surface area (Å²) in [6, 6.07) is 7.73. The highest BCUT2D eigenvalue weighted by Crippen LogP contribution is 2.25. The van der Waals surface area contributed by atoms with Crippen LogP contribution in [0.5, 0.6) is 5.75 Å². The Morgan fingerprint density at radius 1 is 1.15 bits per heavy atom. The van der Waals surface area contributed by atoms with Gasteiger partial charge < -0.3 is 15.4 Å². The molecule has 1 aromatic carbocycles. The van der Waals surface area contributed by atoms with Gasteiger partial charge in [0, 0.05) is 44.7 Å². The molecule has 0 bridgehead atoms. The number of carbonyl (C=O) groups is 1. The number of nitrogens with zero attached hydrogens (tertiary/aromatic N) is 2. The zero-order valence-corrected chi connectivity index (χ0v) is 17.9. The van der Waals surface area contributed by atoms with E-state index in [1.165, 1.54) is 0 Å². The maximum atomic E-state index is 12.7. The van der Waals surface area contributed by atoms with Crippen molar-refractivity contribution < 1.29 is 9.53 Å². The third kappa shape index (κ3) is 6.99. The second-order valence-corrected chi connectivity index (χ2v) is 7.48. The van der Waals surface area contributed by atoms with Gasteiger partial charge in [-0.05, 0) is 31.4 Å². The van der Waals surface area contributed by atoms with Crippen molar-refractivity contribution in [2.24, 2.45) is 11.7 Å². The number of nitrogens with two attached hydrogens (primary N) is 1. The van der Waals surface area contributed by atoms with E-state index in [0.717, 1.165) is 64.2 Å². The summed E-state index contributed by atoms with van der Waals surface area (Å²) >= 11 is 6.09. The number of benzene rings is 1. The van der Waals surface area contributed by atoms with Crippen LogP contribution in [0.1, 0.15) is 25.7 Å². The van der Waals surface area contributed by atoms with Crippen LogP contribution in [0.25, 0.3) is 0 Å². The van der Waals surface area contributed by atoms with Gasteiger partial charge in [-0.1, -0.05) is 30.2 Å². The third-order valence-corrected chi connectivity index (χ3v) is 5.56. The zero-order valence-electron chi connectivity index (χ0n) is 15.5. The molecule has 1 saturated carbocycles. The number of halogens is 3. The van der Waals surface area contributed by atoms with Gasteiger partial charge in [0.15, 0.2) is 0 Å². The van der Waals surface area contributed by atoms with Crippen molar-refractivity contribution >= 4 is 42.3 Å². The van der Waals surface area contributed by atoms with Gasteiger partial charge in [0.05, 0.1) is 5.02 Å². The predicted molar refractivity (Wildman–Crippen MR) is 114 cm³/mol. The van der Waals surface area contributed by atoms with Crippen molar-refractivity contribution in [1.82, 2.24) is 9.80 Å². The molecule has 8 heteroatoms. The first-order valence-corrected chi connectivity index (χ1v) is 9.65. The Labute approximate surface area is 179 Å². The number of para-hydroxylation sites is 1. The minimum Gasteiger partial charge on any atom is -0.491 e. The minimum absolute atomic E-state index is 0. The molecule has 0 radical (unpaired) electrons. The predicted octanol–water partition coefficient (Wildman–Crippen LogP) is 3.22. The quantitative estimate of drug-likeness (QED) is 0.767. The molecular weight excluding hydrogens is 409 g/mol. The maximum Gasteiger partial charge on any atom is 0.225 e. The fourth-order valence-electron chi connectivity index (χ4n) is 3.75. The van der Waals surface area contributed by atoms with Gasteiger partial charge in [-0.25, -0.2) is 0 Å². The minimum atomic E-state index is 0. The molecular formula is C19H30Cl3N3O2. The largest absolute Gasteiger partial charge is 0.491 e. The highest BCUT2D eigenvalue weighted by Gasteiger charge is 2.30. The highest BCUT2D eigenvalue weighted by atomic mass is 35.5. The SMILES string of the molecule is Cl.Cl.NC1CCCC(C(=O)N2CCN(CCOc3ccccc3Cl)CC2)C1. The number of amides is 1. The van der Waals surface area contributed by atoms with Crippen LogP contribution in [-0.2, 0) is 4.79 Å². The molecule has 5 nitrogen and oxygen atoms in total. The fraction of sp³-hybridized carbons (Fsp3) is 0.632. The van der Waals surface area contributed by atoms with Crippen LogP contribution in [0.4, 0.5) is 0 Å². The van der Waals surface area contributed by atoms with Crippen molar-refractivity contribution in [1.29, 1.82) is 0 Å². The molecule has 1 aromatic rings. The van der Waals surface area contributed by atoms with Crippen LogP contribution in [0.2, 0.25) is 5.02 Å². The van der Waals surface area contributed by atoms with Crippen molar-refractivity contribution in [3.05, 3.63) is 29.3 Å². The molecule has 1 saturated heterocycles. The summed E-state index contributed by atoms with van der Waals surface area (Å²) in [7, 11) is 0. The third-order valence-electron chi connectivity index (χ3n) is 5.25. The van der Waals surface area contributed by atoms with Gasteiger partial charge in [0.2, 0.25) is 5.91 Å². The van der Waals surface area contributed by atoms with Gasteiger partial charge >= 0.3 is 0 Å². The molecule has 1 heterocycles. The standard InChI is InChI=1S/C19H28ClN3O2.2ClH/c20-17-6-1-2-7-18(17)25-13-12-22-8-10-23(11-9-22)19(24)15-4-3-5-16(21)14-15;;/h1-2,6-7,15-16H,3-5,8-14,21H2;2*1H. The normalized spacial score (nSPS) is 23.1. The molecule has 2 atom stereocenters. The lowest BCUT2D eigenvalue weighted by Gasteiger charge is -2.37. The number of carbonyl (C=O) groups excluding carboxylic acids is 1. The number of ether oxygens (including phenoxy) is 1. The van der Waals surface area contributed by atoms with E-state index in [4.69, 9.17) is 22.1 Å². The number of hydrogen-bond donors (Lipinski definition) is 1. The van der Waals surface area contributed by atoms with Crippen molar-refractivity contribution in [3.63, 3.8) is 0 Å². The molecule has 2 unspecified atom stereocenters. The summed E-state index contributed by atoms with van der Waals surface area (Å²) in [6.45, 7) is 4.86. The number of rotatable bonds is 5. The van der Waals surface area contributed by atoms with Crippen LogP contribution >= 0.6 is 36.4 Å². The van der Waals surface area contributed by atoms with E-state index in [2.05, 4.69) is 4.90 Å². The second kappa shape index (κ2) is 12.0. The maximum absolute atomic E-state index is 12.7. The topological polar surface area (TPSA) is 58.8 Å². The van der Waals surface area contributed by atoms with Crippen LogP contribution in [-0.4, -0.2) is 61.1 Å². The molecule has 3 rings (SSSR count). The summed E-state index contributed by atoms with van der Waals surface area (Å²) in [5, 5.41) is 0.642. The molecule has 2 aliphatic rings. The van der Waals surface area contributed by atoms with E-state index in [0.29, 0.717) is 17.5 Å². The van der Waals surface area contributed by atoms with Crippen molar-refractivity contribution in [3.8, 4) is 5.75 Å². The van der Waals surface area contributed by atoms with Crippen molar-refractivity contribution in [2.45, 2.75) is 31.7 Å². The van der Waals surface area contributed by atoms with Crippen LogP contribution < -0.4 is 10.5 Å². The van der Waals surface area contributed by atoms with Gasteiger partial charge in [-0.3, -0.25) is 9.69 Å². The van der Waals surface area contributed by atoms with Crippen LogP contribution in [0.3, 0.4) is 0 Å². The number of hydrogen-bond acceptors (Lipinski definition) is 4. The smallest absolute Gasteiger partial charge is 0.225 e. The van der Waals surface area contributed by atoms with Gasteiger partial charge in [-0.15, -0.1) is 24.8 Å². The molecule has 1 aliphatic carbocycles. The molecule has 0 aromatic heterocycles. The lowest BCUT2D eigenvalue weighted by molar-refractivity contribution is -0.138. The average molecular weight is 439 g/mol. The Bertz CT molecular complexity index is 583. The first-order valence-electron chi connectivity index (χ1n) is 9.27. The summed E-state index contributed by atoms with van der Waals surface area (Å²) < 4.78 is 5.75. The van der Waals surface area contributed by atoms with E-state index in [1.54, 1.807) is 0 Å². The Morgan fingerprint density at radius 3 is 2.52 bits per heavy atom. The molecule has 1 amide bonds. The van der Waals surface area contributed by atoms with Gasteiger partial charge in [0.1, 0.15) is 12.4 Å². The Hall–Kier alpha value is -0.720. The summed E-state index contributed by atoms with van der Waals surface area (Å²) in [4.78, 5) is 17.0. The Kier molecular flexibility index (Phi) is 10.8. The van der Waals surface area contributed by atoms with E-state index >= 15 is 0 Å². The van der Waals surface area contributed by atoms with E-state index < -0.39 is 0 Å². The Balaban J connectivity index is 0.00000182. The highest BCUT2D eigenvalue weighted by molar-refractivity contribution is 6.32. The van der Waals surface area contributed by atoms with E-state index in [9.17, 15) is 4.79 Å². The monoisotopic (exact) mass is 437 g/mol. The second-order valence-electron chi connectivity index (χ2n) is 7.07. The summed E-state index contributed by atoms with van der Waals surface area (Å²) in [5.74, 6) is 1.17. The first kappa shape index (κ1) is 24.3. The van der Waals surface area contributed by atoms with Gasteiger partial charge in [-0.2, -0.15) is 0 Å². The first-order chi connectivity index (χ1) is 12.1. The van der Waals surface area contributed by atoms with Crippen LogP contribution in [0, 0.1) is 5.92 Å². The molecule has 2 N–H and O–H groups in total. The average Bonchev–Trinajstić information content (AvgIpc) is 2.63. The summed E-state index contributed by atoms with van der Waals surface area (Å²) in [5.41, 5.74) is 6.03. The number of piperazine rings is 1. The lowest BCUT2D eigenvalue weighted by Crippen LogP contribution is -2.51. The van der Waals surface area contributed by atoms with E-state index in [1.807, 2.05) is 29.2 Å². The van der Waals surface area contributed by atoms with E-state index in [-0.39, 0.29) is 36.8 Å². The Morgan fingerprint density at radius 2 is 1.85 bits per heavy atom. The van der Waals surface area contributed by atoms with Crippen molar-refractivity contribution in [2.75, 3.05) is 39.3 Å². The fourth-order valence-corrected chi connectivity index (χ4v) is 3.94. The lowest BCUT2D eigenvalue weighted by atomic mass is 9.85. The molecule has 2 fully saturated rings. The van der Waals surface area contributed by atoms with Gasteiger partial charge in [0.25, 0.3) is 0 Å². The molecule has 0 spiro atoms. The molecule has 1 aliphatic heterocycles. The molecule has 154 valence electrons. The molecule has 27 heavy (non-hydrogen) atoms. The zero-order chi connectivity index (χ0) is 17.6.